The molecule has 1 heterocycles. The van der Waals surface area contributed by atoms with Gasteiger partial charge >= 0.3 is 0 Å². The monoisotopic (exact) mass is 246 g/mol. The minimum absolute atomic E-state index is 0.0499. The first-order chi connectivity index (χ1) is 6.99. The average Bonchev–Trinajstić information content (AvgIpc) is 2.50. The molecule has 3 N–H and O–H groups in total. The lowest BCUT2D eigenvalue weighted by atomic mass is 10.3. The molecule has 1 aromatic heterocycles. The number of rotatable bonds is 4. The van der Waals surface area contributed by atoms with Crippen molar-refractivity contribution >= 4 is 34.6 Å². The van der Waals surface area contributed by atoms with Crippen molar-refractivity contribution < 1.29 is 4.79 Å². The molecule has 1 unspecified atom stereocenters. The number of hydrogen-bond donors (Lipinski definition) is 3. The maximum Gasteiger partial charge on any atom is 0.242 e. The molecule has 1 amide bonds. The molecule has 0 bridgehead atoms. The lowest BCUT2D eigenvalue weighted by molar-refractivity contribution is -0.122. The molecule has 0 saturated heterocycles. The Hall–Kier alpha value is -0.950. The molecule has 0 saturated carbocycles. The predicted molar refractivity (Wildman–Crippen MR) is 63.7 cm³/mol. The molecule has 0 aromatic carbocycles. The van der Waals surface area contributed by atoms with Crippen LogP contribution in [0.2, 0.25) is 0 Å². The number of aromatic nitrogens is 2. The number of nitrogens with one attached hydrogen (secondary N) is 3. The van der Waals surface area contributed by atoms with Crippen molar-refractivity contribution in [1.82, 2.24) is 15.5 Å². The van der Waals surface area contributed by atoms with Crippen molar-refractivity contribution in [3.8, 4) is 0 Å². The summed E-state index contributed by atoms with van der Waals surface area (Å²) in [5.74, 6) is -0.0499. The summed E-state index contributed by atoms with van der Waals surface area (Å²) >= 11 is 6.19. The van der Waals surface area contributed by atoms with Gasteiger partial charge in [-0.05, 0) is 33.0 Å². The molecule has 0 radical (unpaired) electrons. The summed E-state index contributed by atoms with van der Waals surface area (Å²) in [6, 6.07) is -0.180. The molecule has 1 atom stereocenters. The van der Waals surface area contributed by atoms with E-state index in [0.717, 1.165) is 0 Å². The van der Waals surface area contributed by atoms with Gasteiger partial charge in [0.05, 0.1) is 0 Å². The van der Waals surface area contributed by atoms with Crippen molar-refractivity contribution in [1.29, 1.82) is 0 Å². The molecular weight excluding hydrogens is 232 g/mol. The molecule has 0 fully saturated rings. The van der Waals surface area contributed by atoms with E-state index in [4.69, 9.17) is 12.2 Å². The second kappa shape index (κ2) is 5.22. The second-order valence-electron chi connectivity index (χ2n) is 3.45. The Morgan fingerprint density at radius 2 is 2.20 bits per heavy atom. The van der Waals surface area contributed by atoms with Gasteiger partial charge in [0.2, 0.25) is 11.0 Å². The van der Waals surface area contributed by atoms with Crippen LogP contribution in [0, 0.1) is 3.95 Å². The van der Waals surface area contributed by atoms with E-state index >= 15 is 0 Å². The van der Waals surface area contributed by atoms with E-state index in [1.54, 1.807) is 6.92 Å². The Bertz CT molecular complexity index is 384. The van der Waals surface area contributed by atoms with Crippen LogP contribution in [-0.4, -0.2) is 28.2 Å². The van der Waals surface area contributed by atoms with Crippen LogP contribution in [0.4, 0.5) is 5.13 Å². The van der Waals surface area contributed by atoms with Crippen molar-refractivity contribution in [2.45, 2.75) is 32.9 Å². The average molecular weight is 246 g/mol. The number of H-pyrrole nitrogens is 1. The van der Waals surface area contributed by atoms with Crippen molar-refractivity contribution in [2.75, 3.05) is 5.32 Å². The molecule has 0 aliphatic carbocycles. The SMILES string of the molecule is CC(C)NC(=O)C(C)Nc1n[nH]c(=S)s1. The fraction of sp³-hybridized carbons (Fsp3) is 0.625. The van der Waals surface area contributed by atoms with Gasteiger partial charge < -0.3 is 10.6 Å². The van der Waals surface area contributed by atoms with Gasteiger partial charge in [0.1, 0.15) is 6.04 Å². The highest BCUT2D eigenvalue weighted by Crippen LogP contribution is 2.11. The van der Waals surface area contributed by atoms with Gasteiger partial charge in [0, 0.05) is 6.04 Å². The van der Waals surface area contributed by atoms with Crippen LogP contribution in [0.5, 0.6) is 0 Å². The Morgan fingerprint density at radius 3 is 2.67 bits per heavy atom. The van der Waals surface area contributed by atoms with E-state index in [2.05, 4.69) is 20.8 Å². The number of carbonyl (C=O) groups is 1. The predicted octanol–water partition coefficient (Wildman–Crippen LogP) is 1.53. The molecule has 1 aromatic rings. The molecule has 84 valence electrons. The molecule has 0 aliphatic rings. The zero-order valence-corrected chi connectivity index (χ0v) is 10.5. The lowest BCUT2D eigenvalue weighted by Gasteiger charge is -2.14. The van der Waals surface area contributed by atoms with Gasteiger partial charge in [0.15, 0.2) is 3.95 Å². The zero-order valence-electron chi connectivity index (χ0n) is 8.83. The van der Waals surface area contributed by atoms with E-state index < -0.39 is 0 Å². The van der Waals surface area contributed by atoms with E-state index in [0.29, 0.717) is 9.09 Å². The number of aromatic amines is 1. The number of hydrogen-bond acceptors (Lipinski definition) is 5. The second-order valence-corrected chi connectivity index (χ2v) is 5.11. The summed E-state index contributed by atoms with van der Waals surface area (Å²) in [5, 5.41) is 13.0. The van der Waals surface area contributed by atoms with Gasteiger partial charge in [-0.3, -0.25) is 9.89 Å². The first kappa shape index (κ1) is 12.1. The van der Waals surface area contributed by atoms with Crippen LogP contribution in [-0.2, 0) is 4.79 Å². The molecule has 15 heavy (non-hydrogen) atoms. The zero-order chi connectivity index (χ0) is 11.4. The highest BCUT2D eigenvalue weighted by molar-refractivity contribution is 7.73. The first-order valence-electron chi connectivity index (χ1n) is 4.61. The van der Waals surface area contributed by atoms with Gasteiger partial charge in [-0.2, -0.15) is 0 Å². The smallest absolute Gasteiger partial charge is 0.242 e. The summed E-state index contributed by atoms with van der Waals surface area (Å²) in [4.78, 5) is 11.5. The molecule has 1 rings (SSSR count). The lowest BCUT2D eigenvalue weighted by Crippen LogP contribution is -2.40. The number of nitrogens with zero attached hydrogens (tertiary/aromatic N) is 1. The minimum Gasteiger partial charge on any atom is -0.352 e. The highest BCUT2D eigenvalue weighted by atomic mass is 32.1. The summed E-state index contributed by atoms with van der Waals surface area (Å²) in [6.07, 6.45) is 0. The largest absolute Gasteiger partial charge is 0.352 e. The Balaban J connectivity index is 2.51. The molecule has 7 heteroatoms. The third kappa shape index (κ3) is 3.96. The standard InChI is InChI=1S/C8H14N4OS2/c1-4(2)9-6(13)5(3)10-7-11-12-8(14)15-7/h4-5H,1-3H3,(H,9,13)(H,10,11)(H,12,14). The van der Waals surface area contributed by atoms with E-state index in [-0.39, 0.29) is 18.0 Å². The summed E-state index contributed by atoms with van der Waals surface area (Å²) in [6.45, 7) is 5.62. The molecular formula is C8H14N4OS2. The van der Waals surface area contributed by atoms with Crippen molar-refractivity contribution in [2.24, 2.45) is 0 Å². The number of anilines is 1. The normalized spacial score (nSPS) is 12.5. The number of carbonyl (C=O) groups excluding carboxylic acids is 1. The molecule has 5 nitrogen and oxygen atoms in total. The van der Waals surface area contributed by atoms with Gasteiger partial charge in [-0.15, -0.1) is 5.10 Å². The highest BCUT2D eigenvalue weighted by Gasteiger charge is 2.14. The third-order valence-electron chi connectivity index (χ3n) is 1.60. The number of amides is 1. The van der Waals surface area contributed by atoms with Crippen LogP contribution < -0.4 is 10.6 Å². The maximum atomic E-state index is 11.5. The van der Waals surface area contributed by atoms with E-state index in [9.17, 15) is 4.79 Å². The molecule has 0 aliphatic heterocycles. The van der Waals surface area contributed by atoms with Gasteiger partial charge in [0.25, 0.3) is 0 Å². The quantitative estimate of drug-likeness (QED) is 0.705. The maximum absolute atomic E-state index is 11.5. The Kier molecular flexibility index (Phi) is 4.22. The van der Waals surface area contributed by atoms with Crippen LogP contribution >= 0.6 is 23.6 Å². The fourth-order valence-corrected chi connectivity index (χ4v) is 1.83. The topological polar surface area (TPSA) is 69.8 Å². The summed E-state index contributed by atoms with van der Waals surface area (Å²) in [7, 11) is 0. The first-order valence-corrected chi connectivity index (χ1v) is 5.84. The van der Waals surface area contributed by atoms with Gasteiger partial charge in [-0.1, -0.05) is 11.3 Å². The van der Waals surface area contributed by atoms with Crippen LogP contribution in [0.1, 0.15) is 20.8 Å². The Labute approximate surface area is 97.3 Å². The summed E-state index contributed by atoms with van der Waals surface area (Å²) < 4.78 is 0.592. The van der Waals surface area contributed by atoms with E-state index in [1.807, 2.05) is 13.8 Å². The minimum atomic E-state index is -0.318. The van der Waals surface area contributed by atoms with E-state index in [1.165, 1.54) is 11.3 Å². The van der Waals surface area contributed by atoms with Crippen LogP contribution in [0.25, 0.3) is 0 Å². The van der Waals surface area contributed by atoms with Gasteiger partial charge in [-0.25, -0.2) is 0 Å². The third-order valence-corrected chi connectivity index (χ3v) is 2.62. The van der Waals surface area contributed by atoms with Crippen LogP contribution in [0.15, 0.2) is 0 Å². The summed E-state index contributed by atoms with van der Waals surface area (Å²) in [5.41, 5.74) is 0. The Morgan fingerprint density at radius 1 is 1.53 bits per heavy atom. The van der Waals surface area contributed by atoms with Crippen molar-refractivity contribution in [3.05, 3.63) is 3.95 Å². The fourth-order valence-electron chi connectivity index (χ4n) is 0.952. The van der Waals surface area contributed by atoms with Crippen LogP contribution in [0.3, 0.4) is 0 Å². The molecule has 0 spiro atoms. The van der Waals surface area contributed by atoms with Crippen molar-refractivity contribution in [3.63, 3.8) is 0 Å².